The number of hydrogen-bond acceptors (Lipinski definition) is 3. The summed E-state index contributed by atoms with van der Waals surface area (Å²) < 4.78 is 30.1. The van der Waals surface area contributed by atoms with Gasteiger partial charge in [0.2, 0.25) is 10.0 Å². The second-order valence-electron chi connectivity index (χ2n) is 2.97. The molecule has 1 rings (SSSR count). The standard InChI is InChI=1S/C7H15NO3S/c1-3-6-4-7(5-11-6)12(9,10)8-2/h6-8H,3-5H2,1-2H3. The average Bonchev–Trinajstić information content (AvgIpc) is 2.52. The summed E-state index contributed by atoms with van der Waals surface area (Å²) in [4.78, 5) is 0. The molecule has 1 heterocycles. The maximum atomic E-state index is 11.3. The first-order valence-corrected chi connectivity index (χ1v) is 5.68. The van der Waals surface area contributed by atoms with Gasteiger partial charge in [-0.15, -0.1) is 0 Å². The van der Waals surface area contributed by atoms with Gasteiger partial charge in [-0.3, -0.25) is 0 Å². The summed E-state index contributed by atoms with van der Waals surface area (Å²) in [6, 6.07) is 0. The lowest BCUT2D eigenvalue weighted by atomic mass is 10.2. The fourth-order valence-corrected chi connectivity index (χ4v) is 2.40. The molecule has 0 saturated carbocycles. The molecule has 1 N–H and O–H groups in total. The van der Waals surface area contributed by atoms with Gasteiger partial charge in [-0.2, -0.15) is 0 Å². The third-order valence-electron chi connectivity index (χ3n) is 2.22. The molecule has 2 atom stereocenters. The molecule has 0 aromatic carbocycles. The van der Waals surface area contributed by atoms with E-state index in [2.05, 4.69) is 4.72 Å². The van der Waals surface area contributed by atoms with Crippen LogP contribution in [-0.4, -0.2) is 33.4 Å². The summed E-state index contributed by atoms with van der Waals surface area (Å²) in [5, 5.41) is -0.354. The fraction of sp³-hybridized carbons (Fsp3) is 1.00. The van der Waals surface area contributed by atoms with E-state index in [1.54, 1.807) is 0 Å². The zero-order valence-corrected chi connectivity index (χ0v) is 8.23. The van der Waals surface area contributed by atoms with Crippen molar-refractivity contribution in [2.45, 2.75) is 31.1 Å². The van der Waals surface area contributed by atoms with Gasteiger partial charge in [-0.05, 0) is 19.9 Å². The highest BCUT2D eigenvalue weighted by Crippen LogP contribution is 2.20. The molecule has 0 aromatic heterocycles. The van der Waals surface area contributed by atoms with E-state index in [-0.39, 0.29) is 11.4 Å². The smallest absolute Gasteiger partial charge is 0.216 e. The van der Waals surface area contributed by atoms with Crippen LogP contribution in [-0.2, 0) is 14.8 Å². The fourth-order valence-electron chi connectivity index (χ4n) is 1.34. The molecular formula is C7H15NO3S. The normalized spacial score (nSPS) is 30.8. The number of hydrogen-bond donors (Lipinski definition) is 1. The van der Waals surface area contributed by atoms with Gasteiger partial charge < -0.3 is 4.74 Å². The minimum Gasteiger partial charge on any atom is -0.377 e. The van der Waals surface area contributed by atoms with Gasteiger partial charge in [-0.25, -0.2) is 13.1 Å². The lowest BCUT2D eigenvalue weighted by Crippen LogP contribution is -2.32. The molecule has 1 aliphatic heterocycles. The third kappa shape index (κ3) is 1.97. The Morgan fingerprint density at radius 3 is 2.67 bits per heavy atom. The summed E-state index contributed by atoms with van der Waals surface area (Å²) in [7, 11) is -1.68. The maximum Gasteiger partial charge on any atom is 0.216 e. The van der Waals surface area contributed by atoms with Gasteiger partial charge in [-0.1, -0.05) is 6.92 Å². The van der Waals surface area contributed by atoms with Crippen molar-refractivity contribution in [1.29, 1.82) is 0 Å². The number of ether oxygens (including phenoxy) is 1. The number of sulfonamides is 1. The topological polar surface area (TPSA) is 55.4 Å². The largest absolute Gasteiger partial charge is 0.377 e. The molecule has 0 radical (unpaired) electrons. The molecule has 0 bridgehead atoms. The summed E-state index contributed by atoms with van der Waals surface area (Å²) in [6.07, 6.45) is 1.63. The summed E-state index contributed by atoms with van der Waals surface area (Å²) in [5.74, 6) is 0. The lowest BCUT2D eigenvalue weighted by Gasteiger charge is -2.07. The Kier molecular flexibility index (Phi) is 3.09. The first-order chi connectivity index (χ1) is 5.60. The van der Waals surface area contributed by atoms with Crippen LogP contribution >= 0.6 is 0 Å². The summed E-state index contributed by atoms with van der Waals surface area (Å²) in [6.45, 7) is 2.33. The minimum atomic E-state index is -3.12. The molecule has 0 amide bonds. The molecule has 1 aliphatic rings. The first kappa shape index (κ1) is 9.95. The van der Waals surface area contributed by atoms with E-state index in [4.69, 9.17) is 4.74 Å². The van der Waals surface area contributed by atoms with Gasteiger partial charge in [0.25, 0.3) is 0 Å². The Morgan fingerprint density at radius 1 is 1.58 bits per heavy atom. The van der Waals surface area contributed by atoms with Crippen LogP contribution in [0.15, 0.2) is 0 Å². The van der Waals surface area contributed by atoms with Crippen LogP contribution in [0.2, 0.25) is 0 Å². The molecule has 72 valence electrons. The molecule has 12 heavy (non-hydrogen) atoms. The Hall–Kier alpha value is -0.130. The van der Waals surface area contributed by atoms with E-state index < -0.39 is 10.0 Å². The van der Waals surface area contributed by atoms with Gasteiger partial charge >= 0.3 is 0 Å². The molecule has 4 nitrogen and oxygen atoms in total. The molecule has 0 spiro atoms. The van der Waals surface area contributed by atoms with Gasteiger partial charge in [0, 0.05) is 0 Å². The average molecular weight is 193 g/mol. The van der Waals surface area contributed by atoms with Crippen LogP contribution in [0.1, 0.15) is 19.8 Å². The van der Waals surface area contributed by atoms with Crippen LogP contribution in [0.25, 0.3) is 0 Å². The van der Waals surface area contributed by atoms with Crippen molar-refractivity contribution in [3.63, 3.8) is 0 Å². The SMILES string of the molecule is CCC1CC(S(=O)(=O)NC)CO1. The molecular weight excluding hydrogens is 178 g/mol. The van der Waals surface area contributed by atoms with Crippen molar-refractivity contribution in [1.82, 2.24) is 4.72 Å². The van der Waals surface area contributed by atoms with Crippen molar-refractivity contribution in [3.05, 3.63) is 0 Å². The van der Waals surface area contributed by atoms with Gasteiger partial charge in [0.05, 0.1) is 12.7 Å². The highest BCUT2D eigenvalue weighted by atomic mass is 32.2. The lowest BCUT2D eigenvalue weighted by molar-refractivity contribution is 0.108. The van der Waals surface area contributed by atoms with E-state index in [0.29, 0.717) is 13.0 Å². The monoisotopic (exact) mass is 193 g/mol. The van der Waals surface area contributed by atoms with E-state index in [1.165, 1.54) is 7.05 Å². The van der Waals surface area contributed by atoms with Crippen molar-refractivity contribution in [2.75, 3.05) is 13.7 Å². The van der Waals surface area contributed by atoms with E-state index in [0.717, 1.165) is 6.42 Å². The highest BCUT2D eigenvalue weighted by Gasteiger charge is 2.33. The molecule has 5 heteroatoms. The van der Waals surface area contributed by atoms with Crippen LogP contribution < -0.4 is 4.72 Å². The summed E-state index contributed by atoms with van der Waals surface area (Å²) >= 11 is 0. The zero-order chi connectivity index (χ0) is 9.19. The van der Waals surface area contributed by atoms with Gasteiger partial charge in [0.1, 0.15) is 5.25 Å². The molecule has 1 saturated heterocycles. The van der Waals surface area contributed by atoms with Crippen LogP contribution in [0, 0.1) is 0 Å². The predicted molar refractivity (Wildman–Crippen MR) is 46.4 cm³/mol. The first-order valence-electron chi connectivity index (χ1n) is 4.14. The van der Waals surface area contributed by atoms with E-state index in [1.807, 2.05) is 6.92 Å². The molecule has 1 fully saturated rings. The molecule has 0 aromatic rings. The predicted octanol–water partition coefficient (Wildman–Crippen LogP) is 0.103. The Balaban J connectivity index is 2.58. The van der Waals surface area contributed by atoms with Crippen LogP contribution in [0.4, 0.5) is 0 Å². The second-order valence-corrected chi connectivity index (χ2v) is 5.14. The molecule has 2 unspecified atom stereocenters. The van der Waals surface area contributed by atoms with E-state index >= 15 is 0 Å². The third-order valence-corrected chi connectivity index (χ3v) is 4.00. The Labute approximate surface area is 73.3 Å². The maximum absolute atomic E-state index is 11.3. The van der Waals surface area contributed by atoms with Crippen molar-refractivity contribution in [2.24, 2.45) is 0 Å². The minimum absolute atomic E-state index is 0.123. The van der Waals surface area contributed by atoms with Crippen molar-refractivity contribution >= 4 is 10.0 Å². The molecule has 0 aliphatic carbocycles. The van der Waals surface area contributed by atoms with Crippen LogP contribution in [0.3, 0.4) is 0 Å². The Morgan fingerprint density at radius 2 is 2.25 bits per heavy atom. The van der Waals surface area contributed by atoms with Gasteiger partial charge in [0.15, 0.2) is 0 Å². The van der Waals surface area contributed by atoms with E-state index in [9.17, 15) is 8.42 Å². The van der Waals surface area contributed by atoms with Crippen LogP contribution in [0.5, 0.6) is 0 Å². The second kappa shape index (κ2) is 3.72. The van der Waals surface area contributed by atoms with Crippen molar-refractivity contribution < 1.29 is 13.2 Å². The number of nitrogens with one attached hydrogen (secondary N) is 1. The summed E-state index contributed by atoms with van der Waals surface area (Å²) in [5.41, 5.74) is 0. The zero-order valence-electron chi connectivity index (χ0n) is 7.41. The van der Waals surface area contributed by atoms with Crippen molar-refractivity contribution in [3.8, 4) is 0 Å². The Bertz CT molecular complexity index is 237. The quantitative estimate of drug-likeness (QED) is 0.691. The number of rotatable bonds is 3. The highest BCUT2D eigenvalue weighted by molar-refractivity contribution is 7.90.